The van der Waals surface area contributed by atoms with Crippen molar-refractivity contribution in [3.8, 4) is 0 Å². The molecule has 0 aliphatic heterocycles. The molecule has 0 unspecified atom stereocenters. The predicted octanol–water partition coefficient (Wildman–Crippen LogP) is 2.60. The molecule has 2 rings (SSSR count). The number of hydrogen-bond acceptors (Lipinski definition) is 2. The van der Waals surface area contributed by atoms with E-state index >= 15 is 0 Å². The molecule has 0 spiro atoms. The lowest BCUT2D eigenvalue weighted by molar-refractivity contribution is -0.145. The van der Waals surface area contributed by atoms with Crippen LogP contribution in [0.3, 0.4) is 0 Å². The van der Waals surface area contributed by atoms with Crippen LogP contribution in [0, 0.1) is 0 Å². The first-order valence-corrected chi connectivity index (χ1v) is 6.50. The normalized spacial score (nSPS) is 17.5. The Morgan fingerprint density at radius 3 is 2.26 bits per heavy atom. The SMILES string of the molecule is O=C(Nc1ccccc1)NC1(C(=O)O)CCCCC1. The molecule has 1 aliphatic rings. The molecule has 0 atom stereocenters. The lowest BCUT2D eigenvalue weighted by atomic mass is 9.82. The van der Waals surface area contributed by atoms with Crippen LogP contribution >= 0.6 is 0 Å². The third kappa shape index (κ3) is 3.24. The number of nitrogens with one attached hydrogen (secondary N) is 2. The number of carboxylic acids is 1. The van der Waals surface area contributed by atoms with Crippen molar-refractivity contribution < 1.29 is 14.7 Å². The fraction of sp³-hybridized carbons (Fsp3) is 0.429. The third-order valence-corrected chi connectivity index (χ3v) is 3.50. The van der Waals surface area contributed by atoms with Gasteiger partial charge in [-0.25, -0.2) is 9.59 Å². The number of amides is 2. The fourth-order valence-corrected chi connectivity index (χ4v) is 2.45. The molecule has 0 heterocycles. The largest absolute Gasteiger partial charge is 0.480 e. The molecule has 5 nitrogen and oxygen atoms in total. The predicted molar refractivity (Wildman–Crippen MR) is 72.0 cm³/mol. The van der Waals surface area contributed by atoms with E-state index in [0.29, 0.717) is 18.5 Å². The van der Waals surface area contributed by atoms with Crippen LogP contribution in [0.15, 0.2) is 30.3 Å². The summed E-state index contributed by atoms with van der Waals surface area (Å²) >= 11 is 0. The van der Waals surface area contributed by atoms with Crippen molar-refractivity contribution in [2.45, 2.75) is 37.6 Å². The summed E-state index contributed by atoms with van der Waals surface area (Å²) < 4.78 is 0. The summed E-state index contributed by atoms with van der Waals surface area (Å²) in [6.07, 6.45) is 3.67. The molecular formula is C14H18N2O3. The topological polar surface area (TPSA) is 78.4 Å². The summed E-state index contributed by atoms with van der Waals surface area (Å²) in [6.45, 7) is 0. The highest BCUT2D eigenvalue weighted by Crippen LogP contribution is 2.28. The highest BCUT2D eigenvalue weighted by Gasteiger charge is 2.40. The van der Waals surface area contributed by atoms with E-state index in [9.17, 15) is 14.7 Å². The number of benzene rings is 1. The van der Waals surface area contributed by atoms with Crippen LogP contribution < -0.4 is 10.6 Å². The molecule has 2 amide bonds. The smallest absolute Gasteiger partial charge is 0.329 e. The minimum Gasteiger partial charge on any atom is -0.480 e. The molecule has 102 valence electrons. The molecule has 0 bridgehead atoms. The van der Waals surface area contributed by atoms with Gasteiger partial charge in [-0.1, -0.05) is 37.5 Å². The van der Waals surface area contributed by atoms with E-state index in [4.69, 9.17) is 0 Å². The van der Waals surface area contributed by atoms with E-state index < -0.39 is 17.5 Å². The summed E-state index contributed by atoms with van der Waals surface area (Å²) in [5, 5.41) is 14.6. The van der Waals surface area contributed by atoms with E-state index in [1.165, 1.54) is 0 Å². The van der Waals surface area contributed by atoms with Gasteiger partial charge in [0.1, 0.15) is 5.54 Å². The van der Waals surface area contributed by atoms with Crippen molar-refractivity contribution >= 4 is 17.7 Å². The van der Waals surface area contributed by atoms with Crippen molar-refractivity contribution in [1.82, 2.24) is 5.32 Å². The van der Waals surface area contributed by atoms with Crippen LogP contribution in [0.5, 0.6) is 0 Å². The van der Waals surface area contributed by atoms with Crippen molar-refractivity contribution in [2.75, 3.05) is 5.32 Å². The standard InChI is InChI=1S/C14H18N2O3/c17-12(18)14(9-5-2-6-10-14)16-13(19)15-11-7-3-1-4-8-11/h1,3-4,7-8H,2,5-6,9-10H2,(H,17,18)(H2,15,16,19). The first-order valence-electron chi connectivity index (χ1n) is 6.50. The van der Waals surface area contributed by atoms with Crippen molar-refractivity contribution in [3.05, 3.63) is 30.3 Å². The maximum atomic E-state index is 11.9. The van der Waals surface area contributed by atoms with Gasteiger partial charge >= 0.3 is 12.0 Å². The second-order valence-corrected chi connectivity index (χ2v) is 4.89. The number of carboxylic acid groups (broad SMARTS) is 1. The van der Waals surface area contributed by atoms with Crippen LogP contribution in [0.4, 0.5) is 10.5 Å². The van der Waals surface area contributed by atoms with Gasteiger partial charge in [-0.05, 0) is 25.0 Å². The van der Waals surface area contributed by atoms with E-state index in [-0.39, 0.29) is 0 Å². The third-order valence-electron chi connectivity index (χ3n) is 3.50. The summed E-state index contributed by atoms with van der Waals surface area (Å²) in [6, 6.07) is 8.52. The Bertz CT molecular complexity index is 453. The van der Waals surface area contributed by atoms with Gasteiger partial charge in [0.05, 0.1) is 0 Å². The number of rotatable bonds is 3. The Morgan fingerprint density at radius 1 is 1.05 bits per heavy atom. The maximum absolute atomic E-state index is 11.9. The highest BCUT2D eigenvalue weighted by molar-refractivity contribution is 5.93. The van der Waals surface area contributed by atoms with Crippen molar-refractivity contribution in [3.63, 3.8) is 0 Å². The summed E-state index contributed by atoms with van der Waals surface area (Å²) in [5.74, 6) is -0.949. The molecule has 1 aromatic rings. The second kappa shape index (κ2) is 5.73. The van der Waals surface area contributed by atoms with Crippen molar-refractivity contribution in [1.29, 1.82) is 0 Å². The van der Waals surface area contributed by atoms with E-state index in [2.05, 4.69) is 10.6 Å². The molecule has 0 aromatic heterocycles. The summed E-state index contributed by atoms with van der Waals surface area (Å²) in [5.41, 5.74) is -0.465. The lowest BCUT2D eigenvalue weighted by Crippen LogP contribution is -2.56. The zero-order chi connectivity index (χ0) is 13.7. The highest BCUT2D eigenvalue weighted by atomic mass is 16.4. The summed E-state index contributed by atoms with van der Waals surface area (Å²) in [4.78, 5) is 23.3. The minimum atomic E-state index is -1.11. The van der Waals surface area contributed by atoms with Crippen molar-refractivity contribution in [2.24, 2.45) is 0 Å². The molecular weight excluding hydrogens is 244 g/mol. The number of para-hydroxylation sites is 1. The van der Waals surface area contributed by atoms with E-state index in [1.807, 2.05) is 18.2 Å². The van der Waals surface area contributed by atoms with Gasteiger partial charge in [0.2, 0.25) is 0 Å². The Hall–Kier alpha value is -2.04. The quantitative estimate of drug-likeness (QED) is 0.783. The number of carbonyl (C=O) groups is 2. The van der Waals surface area contributed by atoms with Gasteiger partial charge in [0.15, 0.2) is 0 Å². The zero-order valence-electron chi connectivity index (χ0n) is 10.7. The Balaban J connectivity index is 2.01. The average molecular weight is 262 g/mol. The molecule has 5 heteroatoms. The van der Waals surface area contributed by atoms with E-state index in [0.717, 1.165) is 19.3 Å². The molecule has 3 N–H and O–H groups in total. The van der Waals surface area contributed by atoms with Gasteiger partial charge in [0.25, 0.3) is 0 Å². The average Bonchev–Trinajstić information content (AvgIpc) is 2.40. The van der Waals surface area contributed by atoms with Gasteiger partial charge in [-0.2, -0.15) is 0 Å². The van der Waals surface area contributed by atoms with Gasteiger partial charge in [0, 0.05) is 5.69 Å². The monoisotopic (exact) mass is 262 g/mol. The Labute approximate surface area is 112 Å². The van der Waals surface area contributed by atoms with Gasteiger partial charge in [-0.15, -0.1) is 0 Å². The summed E-state index contributed by atoms with van der Waals surface area (Å²) in [7, 11) is 0. The van der Waals surface area contributed by atoms with Gasteiger partial charge < -0.3 is 15.7 Å². The molecule has 0 radical (unpaired) electrons. The maximum Gasteiger partial charge on any atom is 0.329 e. The molecule has 1 saturated carbocycles. The number of anilines is 1. The number of hydrogen-bond donors (Lipinski definition) is 3. The first kappa shape index (κ1) is 13.4. The van der Waals surface area contributed by atoms with Gasteiger partial charge in [-0.3, -0.25) is 0 Å². The Kier molecular flexibility index (Phi) is 4.04. The lowest BCUT2D eigenvalue weighted by Gasteiger charge is -2.33. The minimum absolute atomic E-state index is 0.462. The Morgan fingerprint density at radius 2 is 1.68 bits per heavy atom. The van der Waals surface area contributed by atoms with Crippen LogP contribution in [0.1, 0.15) is 32.1 Å². The number of carbonyl (C=O) groups excluding carboxylic acids is 1. The molecule has 1 aromatic carbocycles. The number of aliphatic carboxylic acids is 1. The molecule has 0 saturated heterocycles. The zero-order valence-corrected chi connectivity index (χ0v) is 10.7. The van der Waals surface area contributed by atoms with Crippen LogP contribution in [0.2, 0.25) is 0 Å². The van der Waals surface area contributed by atoms with Crippen LogP contribution in [-0.2, 0) is 4.79 Å². The van der Waals surface area contributed by atoms with Crippen LogP contribution in [0.25, 0.3) is 0 Å². The van der Waals surface area contributed by atoms with Crippen LogP contribution in [-0.4, -0.2) is 22.6 Å². The van der Waals surface area contributed by atoms with E-state index in [1.54, 1.807) is 12.1 Å². The molecule has 19 heavy (non-hydrogen) atoms. The first-order chi connectivity index (χ1) is 9.12. The number of urea groups is 1. The second-order valence-electron chi connectivity index (χ2n) is 4.89. The fourth-order valence-electron chi connectivity index (χ4n) is 2.45. The molecule has 1 fully saturated rings. The molecule has 1 aliphatic carbocycles.